The van der Waals surface area contributed by atoms with Crippen molar-refractivity contribution in [1.29, 1.82) is 0 Å². The van der Waals surface area contributed by atoms with Gasteiger partial charge in [0, 0.05) is 11.3 Å². The molecule has 0 heterocycles. The van der Waals surface area contributed by atoms with Crippen LogP contribution in [-0.4, -0.2) is 0 Å². The van der Waals surface area contributed by atoms with Crippen molar-refractivity contribution < 1.29 is 0 Å². The average molecular weight is 245 g/mol. The molecule has 0 aromatic heterocycles. The highest BCUT2D eigenvalue weighted by Crippen LogP contribution is 2.31. The molecule has 3 rings (SSSR count). The number of hydrogen-bond donors (Lipinski definition) is 1. The standard InChI is InChI=1S/C18H15N/c1-13(16-9-4-5-12-18(16)19)15-11-6-8-14-7-2-3-10-17(14)15/h2-12H,1,19H2. The van der Waals surface area contributed by atoms with E-state index in [1.807, 2.05) is 36.4 Å². The molecule has 0 saturated heterocycles. The van der Waals surface area contributed by atoms with Crippen LogP contribution in [0.15, 0.2) is 73.3 Å². The van der Waals surface area contributed by atoms with Crippen LogP contribution in [0.2, 0.25) is 0 Å². The third-order valence-electron chi connectivity index (χ3n) is 3.40. The average Bonchev–Trinajstić information content (AvgIpc) is 2.46. The topological polar surface area (TPSA) is 26.0 Å². The maximum atomic E-state index is 6.04. The van der Waals surface area contributed by atoms with E-state index in [-0.39, 0.29) is 0 Å². The van der Waals surface area contributed by atoms with E-state index in [9.17, 15) is 0 Å². The summed E-state index contributed by atoms with van der Waals surface area (Å²) in [7, 11) is 0. The molecule has 0 aliphatic carbocycles. The first-order valence-corrected chi connectivity index (χ1v) is 6.29. The number of anilines is 1. The quantitative estimate of drug-likeness (QED) is 0.662. The Labute approximate surface area is 113 Å². The highest BCUT2D eigenvalue weighted by Gasteiger charge is 2.08. The molecule has 2 N–H and O–H groups in total. The molecule has 0 fully saturated rings. The molecule has 0 unspecified atom stereocenters. The van der Waals surface area contributed by atoms with Gasteiger partial charge in [-0.3, -0.25) is 0 Å². The first-order chi connectivity index (χ1) is 9.27. The molecule has 19 heavy (non-hydrogen) atoms. The van der Waals surface area contributed by atoms with E-state index in [0.29, 0.717) is 0 Å². The second-order valence-corrected chi connectivity index (χ2v) is 4.59. The van der Waals surface area contributed by atoms with E-state index in [0.717, 1.165) is 22.4 Å². The lowest BCUT2D eigenvalue weighted by Gasteiger charge is -2.12. The largest absolute Gasteiger partial charge is 0.398 e. The SMILES string of the molecule is C=C(c1ccccc1N)c1cccc2ccccc12. The fourth-order valence-corrected chi connectivity index (χ4v) is 2.41. The number of hydrogen-bond acceptors (Lipinski definition) is 1. The van der Waals surface area contributed by atoms with E-state index in [2.05, 4.69) is 36.9 Å². The van der Waals surface area contributed by atoms with Crippen molar-refractivity contribution in [3.63, 3.8) is 0 Å². The predicted octanol–water partition coefficient (Wildman–Crippen LogP) is 4.48. The highest BCUT2D eigenvalue weighted by atomic mass is 14.6. The molecule has 0 aliphatic heterocycles. The lowest BCUT2D eigenvalue weighted by Crippen LogP contribution is -1.94. The molecule has 0 aliphatic rings. The lowest BCUT2D eigenvalue weighted by atomic mass is 9.94. The number of rotatable bonds is 2. The van der Waals surface area contributed by atoms with Crippen molar-refractivity contribution in [2.45, 2.75) is 0 Å². The molecule has 0 bridgehead atoms. The van der Waals surface area contributed by atoms with Gasteiger partial charge in [-0.2, -0.15) is 0 Å². The summed E-state index contributed by atoms with van der Waals surface area (Å²) in [6.07, 6.45) is 0. The van der Waals surface area contributed by atoms with E-state index in [1.54, 1.807) is 0 Å². The molecule has 1 nitrogen and oxygen atoms in total. The van der Waals surface area contributed by atoms with Crippen molar-refractivity contribution >= 4 is 22.0 Å². The third-order valence-corrected chi connectivity index (χ3v) is 3.40. The predicted molar refractivity (Wildman–Crippen MR) is 82.9 cm³/mol. The smallest absolute Gasteiger partial charge is 0.0393 e. The van der Waals surface area contributed by atoms with Crippen molar-refractivity contribution in [2.75, 3.05) is 5.73 Å². The number of fused-ring (bicyclic) bond motifs is 1. The summed E-state index contributed by atoms with van der Waals surface area (Å²) in [5, 5.41) is 2.42. The van der Waals surface area contributed by atoms with Gasteiger partial charge in [-0.1, -0.05) is 67.2 Å². The fourth-order valence-electron chi connectivity index (χ4n) is 2.41. The van der Waals surface area contributed by atoms with Crippen molar-refractivity contribution in [3.05, 3.63) is 84.4 Å². The third kappa shape index (κ3) is 2.00. The maximum Gasteiger partial charge on any atom is 0.0393 e. The van der Waals surface area contributed by atoms with Crippen molar-refractivity contribution in [3.8, 4) is 0 Å². The van der Waals surface area contributed by atoms with Crippen LogP contribution < -0.4 is 5.73 Å². The van der Waals surface area contributed by atoms with Gasteiger partial charge in [0.15, 0.2) is 0 Å². The summed E-state index contributed by atoms with van der Waals surface area (Å²) in [6.45, 7) is 4.23. The molecule has 0 atom stereocenters. The fraction of sp³-hybridized carbons (Fsp3) is 0. The molecule has 0 radical (unpaired) electrons. The minimum absolute atomic E-state index is 0.764. The maximum absolute atomic E-state index is 6.04. The van der Waals surface area contributed by atoms with Crippen LogP contribution in [0.3, 0.4) is 0 Å². The summed E-state index contributed by atoms with van der Waals surface area (Å²) < 4.78 is 0. The molecule has 3 aromatic rings. The lowest BCUT2D eigenvalue weighted by molar-refractivity contribution is 1.58. The van der Waals surface area contributed by atoms with E-state index < -0.39 is 0 Å². The zero-order valence-electron chi connectivity index (χ0n) is 10.6. The Morgan fingerprint density at radius 1 is 0.737 bits per heavy atom. The van der Waals surface area contributed by atoms with E-state index in [1.165, 1.54) is 10.8 Å². The molecule has 0 amide bonds. The molecular formula is C18H15N. The molecule has 0 saturated carbocycles. The second kappa shape index (κ2) is 4.62. The van der Waals surface area contributed by atoms with Gasteiger partial charge in [0.05, 0.1) is 0 Å². The van der Waals surface area contributed by atoms with Gasteiger partial charge in [0.1, 0.15) is 0 Å². The van der Waals surface area contributed by atoms with E-state index >= 15 is 0 Å². The Kier molecular flexibility index (Phi) is 2.81. The zero-order valence-corrected chi connectivity index (χ0v) is 10.6. The Hall–Kier alpha value is -2.54. The minimum atomic E-state index is 0.764. The Morgan fingerprint density at radius 2 is 1.37 bits per heavy atom. The van der Waals surface area contributed by atoms with Gasteiger partial charge in [-0.15, -0.1) is 0 Å². The van der Waals surface area contributed by atoms with E-state index in [4.69, 9.17) is 5.73 Å². The monoisotopic (exact) mass is 245 g/mol. The van der Waals surface area contributed by atoms with Crippen LogP contribution >= 0.6 is 0 Å². The van der Waals surface area contributed by atoms with Crippen molar-refractivity contribution in [1.82, 2.24) is 0 Å². The van der Waals surface area contributed by atoms with Gasteiger partial charge >= 0.3 is 0 Å². The van der Waals surface area contributed by atoms with Gasteiger partial charge in [0.25, 0.3) is 0 Å². The number of nitrogen functional groups attached to an aromatic ring is 1. The first-order valence-electron chi connectivity index (χ1n) is 6.29. The van der Waals surface area contributed by atoms with Gasteiger partial charge in [0.2, 0.25) is 0 Å². The zero-order chi connectivity index (χ0) is 13.2. The highest BCUT2D eigenvalue weighted by molar-refractivity contribution is 5.98. The summed E-state index contributed by atoms with van der Waals surface area (Å²) >= 11 is 0. The molecule has 0 spiro atoms. The summed E-state index contributed by atoms with van der Waals surface area (Å²) in [4.78, 5) is 0. The molecule has 92 valence electrons. The first kappa shape index (κ1) is 11.5. The number of para-hydroxylation sites is 1. The number of benzene rings is 3. The Bertz CT molecular complexity index is 751. The second-order valence-electron chi connectivity index (χ2n) is 4.59. The normalized spacial score (nSPS) is 10.5. The summed E-state index contributed by atoms with van der Waals surface area (Å²) in [6, 6.07) is 22.4. The molecule has 1 heteroatoms. The number of nitrogens with two attached hydrogens (primary N) is 1. The Morgan fingerprint density at radius 3 is 2.21 bits per heavy atom. The van der Waals surface area contributed by atoms with Crippen molar-refractivity contribution in [2.24, 2.45) is 0 Å². The van der Waals surface area contributed by atoms with Crippen LogP contribution in [0.25, 0.3) is 16.3 Å². The van der Waals surface area contributed by atoms with Gasteiger partial charge in [-0.05, 0) is 28.0 Å². The van der Waals surface area contributed by atoms with Gasteiger partial charge < -0.3 is 5.73 Å². The van der Waals surface area contributed by atoms with Crippen LogP contribution in [0, 0.1) is 0 Å². The summed E-state index contributed by atoms with van der Waals surface area (Å²) in [5.74, 6) is 0. The van der Waals surface area contributed by atoms with Crippen LogP contribution in [0.1, 0.15) is 11.1 Å². The van der Waals surface area contributed by atoms with Crippen LogP contribution in [0.5, 0.6) is 0 Å². The van der Waals surface area contributed by atoms with Gasteiger partial charge in [-0.25, -0.2) is 0 Å². The van der Waals surface area contributed by atoms with Crippen LogP contribution in [0.4, 0.5) is 5.69 Å². The summed E-state index contributed by atoms with van der Waals surface area (Å²) in [5.41, 5.74) is 9.91. The Balaban J connectivity index is 2.20. The molecular weight excluding hydrogens is 230 g/mol. The molecule has 3 aromatic carbocycles. The van der Waals surface area contributed by atoms with Crippen LogP contribution in [-0.2, 0) is 0 Å². The minimum Gasteiger partial charge on any atom is -0.398 e.